The first kappa shape index (κ1) is 24.3. The van der Waals surface area contributed by atoms with E-state index in [4.69, 9.17) is 4.74 Å². The molecule has 0 aromatic carbocycles. The van der Waals surface area contributed by atoms with E-state index in [-0.39, 0.29) is 12.4 Å². The van der Waals surface area contributed by atoms with E-state index in [0.717, 1.165) is 18.2 Å². The Labute approximate surface area is 146 Å². The number of hydrogen-bond donors (Lipinski definition) is 0. The van der Waals surface area contributed by atoms with Crippen LogP contribution in [0.4, 0.5) is 30.7 Å². The molecule has 1 atom stereocenters. The lowest BCUT2D eigenvalue weighted by atomic mass is 10.1. The molecule has 0 N–H and O–H groups in total. The third kappa shape index (κ3) is 7.62. The van der Waals surface area contributed by atoms with Gasteiger partial charge in [0.15, 0.2) is 0 Å². The predicted molar refractivity (Wildman–Crippen MR) is 82.2 cm³/mol. The van der Waals surface area contributed by atoms with Crippen LogP contribution in [-0.4, -0.2) is 41.6 Å². The molecule has 1 unspecified atom stereocenters. The summed E-state index contributed by atoms with van der Waals surface area (Å²) in [6.45, 7) is 3.93. The average Bonchev–Trinajstić information content (AvgIpc) is 2.49. The molecular formula is C15H23F7O2S. The van der Waals surface area contributed by atoms with Gasteiger partial charge in [0.1, 0.15) is 5.25 Å². The molecule has 0 aliphatic rings. The normalized spacial score (nSPS) is 14.4. The fourth-order valence-electron chi connectivity index (χ4n) is 1.83. The lowest BCUT2D eigenvalue weighted by Gasteiger charge is -2.28. The Morgan fingerprint density at radius 1 is 1.00 bits per heavy atom. The second kappa shape index (κ2) is 10.5. The fourth-order valence-corrected chi connectivity index (χ4v) is 3.03. The number of hydrogen-bond acceptors (Lipinski definition) is 3. The standard InChI is InChI=1S/C15H23F7O2S/c1-3-5-9-24-12(23)11(7-4-2)25-10-6-8-13(16,17)14(18,19)15(20,21)22/h11H,3-10H2,1-2H3. The molecule has 0 aliphatic heterocycles. The second-order valence-corrected chi connectivity index (χ2v) is 6.86. The topological polar surface area (TPSA) is 26.3 Å². The Kier molecular flexibility index (Phi) is 10.2. The van der Waals surface area contributed by atoms with Gasteiger partial charge >= 0.3 is 24.0 Å². The van der Waals surface area contributed by atoms with Crippen molar-refractivity contribution in [2.45, 2.75) is 75.6 Å². The highest BCUT2D eigenvalue weighted by Gasteiger charge is 2.72. The van der Waals surface area contributed by atoms with Crippen LogP contribution >= 0.6 is 11.8 Å². The molecule has 0 aromatic heterocycles. The zero-order valence-electron chi connectivity index (χ0n) is 14.1. The molecule has 25 heavy (non-hydrogen) atoms. The Balaban J connectivity index is 4.48. The van der Waals surface area contributed by atoms with Crippen LogP contribution in [0.5, 0.6) is 0 Å². The van der Waals surface area contributed by atoms with Crippen molar-refractivity contribution in [3.05, 3.63) is 0 Å². The maximum absolute atomic E-state index is 13.2. The first-order valence-corrected chi connectivity index (χ1v) is 9.06. The largest absolute Gasteiger partial charge is 0.465 e. The predicted octanol–water partition coefficient (Wildman–Crippen LogP) is 5.84. The van der Waals surface area contributed by atoms with Crippen molar-refractivity contribution in [1.29, 1.82) is 0 Å². The lowest BCUT2D eigenvalue weighted by Crippen LogP contribution is -2.51. The summed E-state index contributed by atoms with van der Waals surface area (Å²) in [5.41, 5.74) is 0. The third-order valence-electron chi connectivity index (χ3n) is 3.33. The van der Waals surface area contributed by atoms with Crippen molar-refractivity contribution in [2.75, 3.05) is 12.4 Å². The highest BCUT2D eigenvalue weighted by molar-refractivity contribution is 8.00. The number of carbonyl (C=O) groups excluding carboxylic acids is 1. The highest BCUT2D eigenvalue weighted by Crippen LogP contribution is 2.48. The second-order valence-electron chi connectivity index (χ2n) is 5.55. The van der Waals surface area contributed by atoms with Gasteiger partial charge in [-0.15, -0.1) is 11.8 Å². The number of esters is 1. The summed E-state index contributed by atoms with van der Waals surface area (Å²) in [6, 6.07) is 0. The molecule has 0 heterocycles. The summed E-state index contributed by atoms with van der Waals surface area (Å²) in [4.78, 5) is 11.8. The van der Waals surface area contributed by atoms with Crippen molar-refractivity contribution in [1.82, 2.24) is 0 Å². The molecular weight excluding hydrogens is 377 g/mol. The summed E-state index contributed by atoms with van der Waals surface area (Å²) in [6.07, 6.45) is -5.98. The molecule has 0 radical (unpaired) electrons. The molecule has 0 aromatic rings. The van der Waals surface area contributed by atoms with Gasteiger partial charge in [-0.05, 0) is 25.0 Å². The number of carbonyl (C=O) groups is 1. The van der Waals surface area contributed by atoms with Crippen LogP contribution in [0.2, 0.25) is 0 Å². The van der Waals surface area contributed by atoms with Crippen LogP contribution in [0.3, 0.4) is 0 Å². The molecule has 0 saturated heterocycles. The van der Waals surface area contributed by atoms with Crippen molar-refractivity contribution in [3.8, 4) is 0 Å². The molecule has 0 bridgehead atoms. The van der Waals surface area contributed by atoms with Crippen molar-refractivity contribution < 1.29 is 40.3 Å². The fraction of sp³-hybridized carbons (Fsp3) is 0.933. The maximum Gasteiger partial charge on any atom is 0.459 e. The van der Waals surface area contributed by atoms with E-state index in [1.165, 1.54) is 0 Å². The Bertz CT molecular complexity index is 400. The van der Waals surface area contributed by atoms with Crippen LogP contribution in [0.1, 0.15) is 52.4 Å². The molecule has 10 heteroatoms. The quantitative estimate of drug-likeness (QED) is 0.234. The minimum absolute atomic E-state index is 0.142. The van der Waals surface area contributed by atoms with Crippen molar-refractivity contribution in [3.63, 3.8) is 0 Å². The van der Waals surface area contributed by atoms with E-state index in [9.17, 15) is 35.5 Å². The first-order valence-electron chi connectivity index (χ1n) is 8.01. The van der Waals surface area contributed by atoms with Gasteiger partial charge < -0.3 is 4.74 Å². The van der Waals surface area contributed by atoms with E-state index in [1.54, 1.807) is 6.92 Å². The van der Waals surface area contributed by atoms with Crippen LogP contribution in [-0.2, 0) is 9.53 Å². The Hall–Kier alpha value is -0.670. The van der Waals surface area contributed by atoms with Gasteiger partial charge in [0, 0.05) is 6.42 Å². The van der Waals surface area contributed by atoms with Gasteiger partial charge in [-0.25, -0.2) is 0 Å². The minimum atomic E-state index is -6.31. The van der Waals surface area contributed by atoms with Gasteiger partial charge in [0.2, 0.25) is 0 Å². The van der Waals surface area contributed by atoms with Crippen LogP contribution < -0.4 is 0 Å². The highest BCUT2D eigenvalue weighted by atomic mass is 32.2. The summed E-state index contributed by atoms with van der Waals surface area (Å²) in [5.74, 6) is -11.9. The molecule has 0 rings (SSSR count). The van der Waals surface area contributed by atoms with E-state index in [0.29, 0.717) is 19.3 Å². The summed E-state index contributed by atoms with van der Waals surface area (Å²) in [7, 11) is 0. The average molecular weight is 400 g/mol. The summed E-state index contributed by atoms with van der Waals surface area (Å²) < 4.78 is 92.9. The Morgan fingerprint density at radius 2 is 1.60 bits per heavy atom. The van der Waals surface area contributed by atoms with Crippen molar-refractivity contribution in [2.24, 2.45) is 0 Å². The number of alkyl halides is 7. The van der Waals surface area contributed by atoms with Crippen LogP contribution in [0.15, 0.2) is 0 Å². The van der Waals surface area contributed by atoms with Gasteiger partial charge in [-0.2, -0.15) is 30.7 Å². The van der Waals surface area contributed by atoms with Gasteiger partial charge in [0.05, 0.1) is 6.61 Å². The van der Waals surface area contributed by atoms with Crippen LogP contribution in [0, 0.1) is 0 Å². The molecule has 2 nitrogen and oxygen atoms in total. The number of unbranched alkanes of at least 4 members (excludes halogenated alkanes) is 1. The number of thioether (sulfide) groups is 1. The van der Waals surface area contributed by atoms with Gasteiger partial charge in [-0.3, -0.25) is 4.79 Å². The first-order chi connectivity index (χ1) is 11.4. The number of rotatable bonds is 12. The van der Waals surface area contributed by atoms with Gasteiger partial charge in [-0.1, -0.05) is 26.7 Å². The molecule has 0 fully saturated rings. The summed E-state index contributed by atoms with van der Waals surface area (Å²) >= 11 is 0.937. The molecule has 0 saturated carbocycles. The molecule has 0 spiro atoms. The molecule has 0 aliphatic carbocycles. The summed E-state index contributed by atoms with van der Waals surface area (Å²) in [5, 5.41) is -0.640. The zero-order valence-corrected chi connectivity index (χ0v) is 14.9. The van der Waals surface area contributed by atoms with E-state index < -0.39 is 42.1 Å². The van der Waals surface area contributed by atoms with E-state index in [2.05, 4.69) is 0 Å². The monoisotopic (exact) mass is 400 g/mol. The van der Waals surface area contributed by atoms with Crippen LogP contribution in [0.25, 0.3) is 0 Å². The maximum atomic E-state index is 13.2. The SMILES string of the molecule is CCCCOC(=O)C(CCC)SCCCC(F)(F)C(F)(F)C(F)(F)F. The Morgan fingerprint density at radius 3 is 2.08 bits per heavy atom. The van der Waals surface area contributed by atoms with E-state index >= 15 is 0 Å². The molecule has 0 amide bonds. The third-order valence-corrected chi connectivity index (χ3v) is 4.68. The number of ether oxygens (including phenoxy) is 1. The van der Waals surface area contributed by atoms with Gasteiger partial charge in [0.25, 0.3) is 0 Å². The lowest BCUT2D eigenvalue weighted by molar-refractivity contribution is -0.355. The number of halogens is 7. The minimum Gasteiger partial charge on any atom is -0.465 e. The van der Waals surface area contributed by atoms with E-state index in [1.807, 2.05) is 6.92 Å². The van der Waals surface area contributed by atoms with Crippen molar-refractivity contribution >= 4 is 17.7 Å². The zero-order chi connectivity index (χ0) is 19.7. The smallest absolute Gasteiger partial charge is 0.459 e. The molecule has 150 valence electrons.